The first-order valence-electron chi connectivity index (χ1n) is 10.1. The molecule has 0 spiro atoms. The first kappa shape index (κ1) is 19.1. The number of anilines is 1. The maximum atomic E-state index is 12.9. The van der Waals surface area contributed by atoms with E-state index in [1.165, 1.54) is 0 Å². The third-order valence-corrected chi connectivity index (χ3v) is 5.22. The smallest absolute Gasteiger partial charge is 0.260 e. The fourth-order valence-corrected chi connectivity index (χ4v) is 3.89. The summed E-state index contributed by atoms with van der Waals surface area (Å²) in [5, 5.41) is 11.2. The van der Waals surface area contributed by atoms with Gasteiger partial charge in [-0.3, -0.25) is 4.79 Å². The molecule has 1 N–H and O–H groups in total. The minimum atomic E-state index is -0.228. The van der Waals surface area contributed by atoms with Crippen LogP contribution in [-0.4, -0.2) is 31.8 Å². The van der Waals surface area contributed by atoms with Gasteiger partial charge in [0.2, 0.25) is 0 Å². The third kappa shape index (κ3) is 3.72. The van der Waals surface area contributed by atoms with Crippen LogP contribution in [0, 0.1) is 6.92 Å². The Balaban J connectivity index is 0.000000994. The summed E-state index contributed by atoms with van der Waals surface area (Å²) in [6.45, 7) is 5.96. The van der Waals surface area contributed by atoms with Crippen molar-refractivity contribution in [3.8, 4) is 17.3 Å². The number of hydrogen-bond donors (Lipinski definition) is 1. The summed E-state index contributed by atoms with van der Waals surface area (Å²) in [4.78, 5) is 17.5. The zero-order chi connectivity index (χ0) is 20.4. The highest BCUT2D eigenvalue weighted by molar-refractivity contribution is 6.06. The zero-order valence-electron chi connectivity index (χ0n) is 16.9. The minimum Gasteiger partial charge on any atom is -0.490 e. The molecule has 150 valence electrons. The van der Waals surface area contributed by atoms with E-state index in [1.54, 1.807) is 12.4 Å². The maximum absolute atomic E-state index is 12.9. The van der Waals surface area contributed by atoms with Crippen LogP contribution in [0.5, 0.6) is 5.75 Å². The summed E-state index contributed by atoms with van der Waals surface area (Å²) >= 11 is 0. The monoisotopic (exact) mass is 391 g/mol. The van der Waals surface area contributed by atoms with Crippen molar-refractivity contribution in [2.24, 2.45) is 0 Å². The second-order valence-electron chi connectivity index (χ2n) is 7.13. The standard InChI is InChI=1S/C20H19N5O2.C2H6/c1-12-5-8-17-15(9-12)20(26)23-18-4-2-3-16(22-18)19-24-21-11-25(19)13-6-7-14(10-13)27-17;1-2/h2-5,8-9,11,13-14H,6-7,10H2,1H3,(H,22,23,26);1-2H3. The predicted molar refractivity (Wildman–Crippen MR) is 111 cm³/mol. The van der Waals surface area contributed by atoms with Crippen molar-refractivity contribution in [1.82, 2.24) is 19.7 Å². The normalized spacial score (nSPS) is 19.8. The molecule has 2 unspecified atom stereocenters. The molecular weight excluding hydrogens is 366 g/mol. The Hall–Kier alpha value is -3.22. The van der Waals surface area contributed by atoms with Crippen LogP contribution in [0.15, 0.2) is 42.7 Å². The number of aromatic nitrogens is 4. The molecule has 2 atom stereocenters. The van der Waals surface area contributed by atoms with E-state index in [-0.39, 0.29) is 18.1 Å². The molecule has 2 aliphatic rings. The van der Waals surface area contributed by atoms with Gasteiger partial charge in [-0.25, -0.2) is 4.98 Å². The van der Waals surface area contributed by atoms with Gasteiger partial charge < -0.3 is 14.6 Å². The molecule has 1 aromatic carbocycles. The number of aryl methyl sites for hydroxylation is 1. The van der Waals surface area contributed by atoms with Crippen LogP contribution in [0.25, 0.3) is 11.5 Å². The van der Waals surface area contributed by atoms with Crippen LogP contribution in [0.2, 0.25) is 0 Å². The van der Waals surface area contributed by atoms with Crippen LogP contribution in [0.4, 0.5) is 5.82 Å². The van der Waals surface area contributed by atoms with Crippen molar-refractivity contribution in [3.63, 3.8) is 0 Å². The number of benzene rings is 1. The lowest BCUT2D eigenvalue weighted by Crippen LogP contribution is -2.18. The van der Waals surface area contributed by atoms with Crippen molar-refractivity contribution in [2.45, 2.75) is 52.2 Å². The molecule has 29 heavy (non-hydrogen) atoms. The maximum Gasteiger partial charge on any atom is 0.260 e. The Morgan fingerprint density at radius 1 is 1.17 bits per heavy atom. The van der Waals surface area contributed by atoms with Gasteiger partial charge in [0.25, 0.3) is 5.91 Å². The van der Waals surface area contributed by atoms with Crippen molar-refractivity contribution in [3.05, 3.63) is 53.9 Å². The van der Waals surface area contributed by atoms with E-state index in [0.717, 1.165) is 24.8 Å². The summed E-state index contributed by atoms with van der Waals surface area (Å²) in [5.41, 5.74) is 2.23. The average molecular weight is 391 g/mol. The first-order valence-corrected chi connectivity index (χ1v) is 10.1. The van der Waals surface area contributed by atoms with Gasteiger partial charge in [0, 0.05) is 12.5 Å². The second-order valence-corrected chi connectivity index (χ2v) is 7.13. The van der Waals surface area contributed by atoms with E-state index < -0.39 is 0 Å². The molecule has 0 radical (unpaired) electrons. The van der Waals surface area contributed by atoms with Crippen molar-refractivity contribution < 1.29 is 9.53 Å². The summed E-state index contributed by atoms with van der Waals surface area (Å²) < 4.78 is 8.32. The molecule has 2 aromatic heterocycles. The van der Waals surface area contributed by atoms with Gasteiger partial charge in [0.1, 0.15) is 29.7 Å². The van der Waals surface area contributed by atoms with E-state index in [9.17, 15) is 4.79 Å². The van der Waals surface area contributed by atoms with Gasteiger partial charge in [0.15, 0.2) is 5.82 Å². The quantitative estimate of drug-likeness (QED) is 0.614. The van der Waals surface area contributed by atoms with Gasteiger partial charge >= 0.3 is 0 Å². The number of nitrogens with zero attached hydrogens (tertiary/aromatic N) is 4. The SMILES string of the molecule is CC.Cc1ccc2c(c1)C(=O)Nc1cccc(n1)-c1nncn1C1CCC(C1)O2. The molecule has 7 heteroatoms. The Kier molecular flexibility index (Phi) is 5.29. The molecule has 7 nitrogen and oxygen atoms in total. The van der Waals surface area contributed by atoms with Crippen LogP contribution in [0.3, 0.4) is 0 Å². The number of fused-ring (bicyclic) bond motifs is 8. The van der Waals surface area contributed by atoms with Crippen LogP contribution in [-0.2, 0) is 0 Å². The molecule has 4 bridgehead atoms. The summed E-state index contributed by atoms with van der Waals surface area (Å²) in [7, 11) is 0. The number of pyridine rings is 1. The van der Waals surface area contributed by atoms with Gasteiger partial charge in [-0.15, -0.1) is 10.2 Å². The molecule has 1 saturated carbocycles. The molecule has 1 aliphatic heterocycles. The lowest BCUT2D eigenvalue weighted by Gasteiger charge is -2.17. The number of nitrogens with one attached hydrogen (secondary N) is 1. The molecule has 5 rings (SSSR count). The van der Waals surface area contributed by atoms with E-state index in [1.807, 2.05) is 51.1 Å². The topological polar surface area (TPSA) is 81.9 Å². The summed E-state index contributed by atoms with van der Waals surface area (Å²) in [6, 6.07) is 11.5. The largest absolute Gasteiger partial charge is 0.490 e. The number of hydrogen-bond acceptors (Lipinski definition) is 5. The van der Waals surface area contributed by atoms with Crippen LogP contribution in [0.1, 0.15) is 55.1 Å². The second kappa shape index (κ2) is 8.03. The fraction of sp³-hybridized carbons (Fsp3) is 0.364. The Bertz CT molecular complexity index is 1030. The molecular formula is C22H25N5O2. The average Bonchev–Trinajstić information content (AvgIpc) is 3.40. The molecule has 1 fully saturated rings. The first-order chi connectivity index (χ1) is 14.2. The Morgan fingerprint density at radius 3 is 2.90 bits per heavy atom. The molecule has 1 amide bonds. The molecule has 3 heterocycles. The van der Waals surface area contributed by atoms with Gasteiger partial charge in [-0.2, -0.15) is 0 Å². The fourth-order valence-electron chi connectivity index (χ4n) is 3.89. The Morgan fingerprint density at radius 2 is 2.03 bits per heavy atom. The van der Waals surface area contributed by atoms with Crippen LogP contribution >= 0.6 is 0 Å². The number of rotatable bonds is 0. The van der Waals surface area contributed by atoms with Gasteiger partial charge in [0.05, 0.1) is 5.56 Å². The summed E-state index contributed by atoms with van der Waals surface area (Å²) in [6.07, 6.45) is 4.55. The lowest BCUT2D eigenvalue weighted by molar-refractivity contribution is 0.101. The van der Waals surface area contributed by atoms with E-state index in [2.05, 4.69) is 25.1 Å². The number of carbonyl (C=O) groups is 1. The summed E-state index contributed by atoms with van der Waals surface area (Å²) in [5.74, 6) is 1.57. The van der Waals surface area contributed by atoms with Gasteiger partial charge in [-0.1, -0.05) is 31.5 Å². The molecule has 0 saturated heterocycles. The van der Waals surface area contributed by atoms with E-state index >= 15 is 0 Å². The van der Waals surface area contributed by atoms with Crippen LogP contribution < -0.4 is 10.1 Å². The lowest BCUT2D eigenvalue weighted by atomic mass is 10.1. The van der Waals surface area contributed by atoms with E-state index in [4.69, 9.17) is 4.74 Å². The highest BCUT2D eigenvalue weighted by Gasteiger charge is 2.31. The van der Waals surface area contributed by atoms with Crippen molar-refractivity contribution >= 4 is 11.7 Å². The molecule has 1 aliphatic carbocycles. The number of amides is 1. The minimum absolute atomic E-state index is 0.0522. The van der Waals surface area contributed by atoms with Crippen molar-refractivity contribution in [1.29, 1.82) is 0 Å². The molecule has 3 aromatic rings. The highest BCUT2D eigenvalue weighted by Crippen LogP contribution is 2.36. The van der Waals surface area contributed by atoms with E-state index in [0.29, 0.717) is 28.6 Å². The predicted octanol–water partition coefficient (Wildman–Crippen LogP) is 4.41. The Labute approximate surface area is 170 Å². The van der Waals surface area contributed by atoms with Gasteiger partial charge in [-0.05, 0) is 44.0 Å². The zero-order valence-corrected chi connectivity index (χ0v) is 16.9. The number of carbonyl (C=O) groups excluding carboxylic acids is 1. The van der Waals surface area contributed by atoms with Crippen molar-refractivity contribution in [2.75, 3.05) is 5.32 Å². The highest BCUT2D eigenvalue weighted by atomic mass is 16.5. The third-order valence-electron chi connectivity index (χ3n) is 5.22. The number of ether oxygens (including phenoxy) is 1.